The molecule has 2 aliphatic heterocycles. The molecular formula is C22H24FN5O2. The van der Waals surface area contributed by atoms with Crippen LogP contribution in [0.2, 0.25) is 0 Å². The van der Waals surface area contributed by atoms with E-state index in [4.69, 9.17) is 14.5 Å². The highest BCUT2D eigenvalue weighted by molar-refractivity contribution is 5.75. The Kier molecular flexibility index (Phi) is 4.49. The first-order chi connectivity index (χ1) is 14.5. The molecule has 8 heteroatoms. The molecule has 0 amide bonds. The summed E-state index contributed by atoms with van der Waals surface area (Å²) in [4.78, 5) is 7.04. The number of benzene rings is 1. The van der Waals surface area contributed by atoms with E-state index in [1.807, 2.05) is 13.1 Å². The van der Waals surface area contributed by atoms with Gasteiger partial charge in [-0.25, -0.2) is 13.9 Å². The van der Waals surface area contributed by atoms with E-state index in [1.165, 1.54) is 12.1 Å². The number of ether oxygens (including phenoxy) is 2. The lowest BCUT2D eigenvalue weighted by Crippen LogP contribution is -2.30. The molecule has 2 atom stereocenters. The third kappa shape index (κ3) is 3.32. The van der Waals surface area contributed by atoms with Crippen LogP contribution in [0.25, 0.3) is 11.3 Å². The van der Waals surface area contributed by atoms with Crippen molar-refractivity contribution in [3.8, 4) is 11.5 Å². The molecule has 0 saturated carbocycles. The summed E-state index contributed by atoms with van der Waals surface area (Å²) in [6.07, 6.45) is 3.46. The molecule has 0 unspecified atom stereocenters. The summed E-state index contributed by atoms with van der Waals surface area (Å²) in [5.41, 5.74) is 3.02. The Morgan fingerprint density at radius 3 is 3.00 bits per heavy atom. The minimum atomic E-state index is -0.290. The Labute approximate surface area is 174 Å². The van der Waals surface area contributed by atoms with Crippen molar-refractivity contribution in [2.75, 3.05) is 24.6 Å². The number of fused-ring (bicyclic) bond motifs is 1. The van der Waals surface area contributed by atoms with Crippen LogP contribution < -0.4 is 19.7 Å². The maximum atomic E-state index is 14.1. The highest BCUT2D eigenvalue weighted by atomic mass is 19.1. The van der Waals surface area contributed by atoms with Crippen molar-refractivity contribution in [1.29, 1.82) is 0 Å². The Morgan fingerprint density at radius 2 is 2.13 bits per heavy atom. The number of halogens is 1. The Balaban J connectivity index is 1.70. The fraction of sp³-hybridized carbons (Fsp3) is 0.364. The van der Waals surface area contributed by atoms with Crippen LogP contribution in [0.1, 0.15) is 25.0 Å². The van der Waals surface area contributed by atoms with Crippen LogP contribution in [0.3, 0.4) is 0 Å². The molecule has 3 aromatic rings. The second kappa shape index (κ2) is 7.19. The van der Waals surface area contributed by atoms with E-state index in [-0.39, 0.29) is 17.8 Å². The molecule has 0 spiro atoms. The van der Waals surface area contributed by atoms with Gasteiger partial charge in [-0.15, -0.1) is 0 Å². The van der Waals surface area contributed by atoms with Crippen molar-refractivity contribution >= 4 is 17.2 Å². The SMILES string of the molecule is C=C1NC[C@H](C)Oc2ccc(F)cc2CN2C[C@H](C)COc3cn4ncc1c4nc32. The van der Waals surface area contributed by atoms with Gasteiger partial charge in [0.1, 0.15) is 17.7 Å². The van der Waals surface area contributed by atoms with Crippen LogP contribution in [-0.4, -0.2) is 40.4 Å². The maximum Gasteiger partial charge on any atom is 0.180 e. The monoisotopic (exact) mass is 409 g/mol. The number of hydrogen-bond donors (Lipinski definition) is 1. The third-order valence-corrected chi connectivity index (χ3v) is 5.44. The largest absolute Gasteiger partial charge is 0.489 e. The zero-order valence-corrected chi connectivity index (χ0v) is 17.1. The van der Waals surface area contributed by atoms with Crippen molar-refractivity contribution in [3.63, 3.8) is 0 Å². The van der Waals surface area contributed by atoms with Gasteiger partial charge in [-0.05, 0) is 25.1 Å². The topological polar surface area (TPSA) is 63.9 Å². The van der Waals surface area contributed by atoms with E-state index < -0.39 is 0 Å². The molecule has 1 N–H and O–H groups in total. The molecule has 2 aromatic heterocycles. The van der Waals surface area contributed by atoms with Crippen molar-refractivity contribution in [2.24, 2.45) is 5.92 Å². The van der Waals surface area contributed by atoms with E-state index in [0.717, 1.165) is 23.4 Å². The van der Waals surface area contributed by atoms with Crippen molar-refractivity contribution in [3.05, 3.63) is 54.1 Å². The van der Waals surface area contributed by atoms with Crippen molar-refractivity contribution in [1.82, 2.24) is 19.9 Å². The van der Waals surface area contributed by atoms with Crippen LogP contribution in [0, 0.1) is 11.7 Å². The molecule has 2 aliphatic rings. The molecule has 0 aliphatic carbocycles. The molecule has 30 heavy (non-hydrogen) atoms. The van der Waals surface area contributed by atoms with Gasteiger partial charge in [0.25, 0.3) is 0 Å². The number of hydrogen-bond acceptors (Lipinski definition) is 6. The van der Waals surface area contributed by atoms with Crippen LogP contribution in [0.15, 0.2) is 37.2 Å². The fourth-order valence-electron chi connectivity index (χ4n) is 3.93. The van der Waals surface area contributed by atoms with Crippen LogP contribution >= 0.6 is 0 Å². The van der Waals surface area contributed by atoms with E-state index in [9.17, 15) is 4.39 Å². The normalized spacial score (nSPS) is 21.4. The van der Waals surface area contributed by atoms with Gasteiger partial charge in [0.05, 0.1) is 31.1 Å². The van der Waals surface area contributed by atoms with Gasteiger partial charge in [0, 0.05) is 30.3 Å². The summed E-state index contributed by atoms with van der Waals surface area (Å²) < 4.78 is 28.0. The van der Waals surface area contributed by atoms with E-state index in [2.05, 4.69) is 28.8 Å². The van der Waals surface area contributed by atoms with Gasteiger partial charge >= 0.3 is 0 Å². The van der Waals surface area contributed by atoms with E-state index >= 15 is 0 Å². The van der Waals surface area contributed by atoms with Crippen LogP contribution in [0.5, 0.6) is 11.5 Å². The smallest absolute Gasteiger partial charge is 0.180 e. The molecule has 4 heterocycles. The highest BCUT2D eigenvalue weighted by Gasteiger charge is 2.26. The molecule has 1 aromatic carbocycles. The Hall–Kier alpha value is -3.29. The average molecular weight is 409 g/mol. The summed E-state index contributed by atoms with van der Waals surface area (Å²) in [7, 11) is 0. The number of rotatable bonds is 0. The number of nitrogens with zero attached hydrogens (tertiary/aromatic N) is 4. The lowest BCUT2D eigenvalue weighted by atomic mass is 10.1. The first-order valence-electron chi connectivity index (χ1n) is 10.1. The number of anilines is 1. The highest BCUT2D eigenvalue weighted by Crippen LogP contribution is 2.34. The van der Waals surface area contributed by atoms with Gasteiger partial charge in [-0.3, -0.25) is 0 Å². The lowest BCUT2D eigenvalue weighted by Gasteiger charge is -2.26. The molecule has 5 rings (SSSR count). The van der Waals surface area contributed by atoms with Gasteiger partial charge in [-0.1, -0.05) is 13.5 Å². The molecule has 7 nitrogen and oxygen atoms in total. The summed E-state index contributed by atoms with van der Waals surface area (Å²) >= 11 is 0. The second-order valence-electron chi connectivity index (χ2n) is 8.09. The third-order valence-electron chi connectivity index (χ3n) is 5.44. The van der Waals surface area contributed by atoms with Crippen LogP contribution in [0.4, 0.5) is 10.2 Å². The number of nitrogens with one attached hydrogen (secondary N) is 1. The predicted molar refractivity (Wildman–Crippen MR) is 112 cm³/mol. The molecular weight excluding hydrogens is 385 g/mol. The zero-order chi connectivity index (χ0) is 20.8. The molecule has 2 bridgehead atoms. The standard InChI is InChI=1S/C22H24FN5O2/c1-13-9-27-10-16-6-17(23)4-5-19(16)30-14(2)7-24-15(3)18-8-25-28-11-20(29-12-13)22(27)26-21(18)28/h4-6,8,11,13-14,24H,3,7,9-10,12H2,1-2H3/t13-,14-/m0/s1. The first-order valence-corrected chi connectivity index (χ1v) is 10.1. The van der Waals surface area contributed by atoms with E-state index in [0.29, 0.717) is 42.7 Å². The van der Waals surface area contributed by atoms with Crippen molar-refractivity contribution in [2.45, 2.75) is 26.5 Å². The second-order valence-corrected chi connectivity index (χ2v) is 8.09. The zero-order valence-electron chi connectivity index (χ0n) is 17.1. The van der Waals surface area contributed by atoms with Crippen LogP contribution in [-0.2, 0) is 6.54 Å². The summed E-state index contributed by atoms with van der Waals surface area (Å²) in [6.45, 7) is 10.6. The van der Waals surface area contributed by atoms with Gasteiger partial charge in [-0.2, -0.15) is 5.10 Å². The summed E-state index contributed by atoms with van der Waals surface area (Å²) in [5, 5.41) is 7.74. The molecule has 156 valence electrons. The lowest BCUT2D eigenvalue weighted by molar-refractivity contribution is 0.221. The minimum absolute atomic E-state index is 0.143. The van der Waals surface area contributed by atoms with Gasteiger partial charge in [0.15, 0.2) is 17.2 Å². The van der Waals surface area contributed by atoms with E-state index in [1.54, 1.807) is 16.8 Å². The first kappa shape index (κ1) is 18.7. The quantitative estimate of drug-likeness (QED) is 0.615. The number of aromatic nitrogens is 3. The molecule has 0 fully saturated rings. The Bertz CT molecular complexity index is 1130. The minimum Gasteiger partial charge on any atom is -0.489 e. The average Bonchev–Trinajstić information content (AvgIpc) is 3.06. The molecule has 0 radical (unpaired) electrons. The summed E-state index contributed by atoms with van der Waals surface area (Å²) in [5.74, 6) is 2.02. The van der Waals surface area contributed by atoms with Crippen molar-refractivity contribution < 1.29 is 13.9 Å². The fourth-order valence-corrected chi connectivity index (χ4v) is 3.93. The van der Waals surface area contributed by atoms with Gasteiger partial charge in [0.2, 0.25) is 0 Å². The van der Waals surface area contributed by atoms with Gasteiger partial charge < -0.3 is 19.7 Å². The predicted octanol–water partition coefficient (Wildman–Crippen LogP) is 3.24. The summed E-state index contributed by atoms with van der Waals surface area (Å²) in [6, 6.07) is 4.66. The maximum absolute atomic E-state index is 14.1. The molecule has 0 saturated heterocycles. The Morgan fingerprint density at radius 1 is 1.27 bits per heavy atom.